The summed E-state index contributed by atoms with van der Waals surface area (Å²) in [6.45, 7) is 3.84. The fourth-order valence-electron chi connectivity index (χ4n) is 2.67. The maximum Gasteiger partial charge on any atom is 0.291 e. The van der Waals surface area contributed by atoms with Gasteiger partial charge in [0.2, 0.25) is 11.7 Å². The number of carbonyl (C=O) groups is 1. The molecule has 1 aromatic carbocycles. The second kappa shape index (κ2) is 7.49. The summed E-state index contributed by atoms with van der Waals surface area (Å²) in [7, 11) is 0. The van der Waals surface area contributed by atoms with Crippen LogP contribution in [0.2, 0.25) is 0 Å². The van der Waals surface area contributed by atoms with Crippen LogP contribution in [-0.2, 0) is 4.79 Å². The monoisotopic (exact) mass is 389 g/mol. The van der Waals surface area contributed by atoms with Crippen molar-refractivity contribution >= 4 is 17.0 Å². The van der Waals surface area contributed by atoms with Crippen LogP contribution in [0.5, 0.6) is 11.6 Å². The molecule has 9 heteroatoms. The summed E-state index contributed by atoms with van der Waals surface area (Å²) in [6.07, 6.45) is 2.41. The van der Waals surface area contributed by atoms with E-state index in [9.17, 15) is 9.18 Å². The first-order chi connectivity index (χ1) is 13.5. The number of fused-ring (bicyclic) bond motifs is 1. The lowest BCUT2D eigenvalue weighted by Gasteiger charge is -2.11. The fraction of sp³-hybridized carbons (Fsp3) is 0.421. The lowest BCUT2D eigenvalue weighted by Crippen LogP contribution is -2.35. The van der Waals surface area contributed by atoms with Crippen molar-refractivity contribution in [3.05, 3.63) is 24.0 Å². The molecule has 148 valence electrons. The molecule has 0 bridgehead atoms. The number of benzene rings is 1. The molecule has 1 fully saturated rings. The Labute approximate surface area is 160 Å². The molecule has 3 aromatic rings. The maximum absolute atomic E-state index is 14.6. The fourth-order valence-corrected chi connectivity index (χ4v) is 2.67. The van der Waals surface area contributed by atoms with Gasteiger partial charge in [-0.25, -0.2) is 4.98 Å². The van der Waals surface area contributed by atoms with E-state index in [1.165, 1.54) is 19.8 Å². The Morgan fingerprint density at radius 1 is 1.39 bits per heavy atom. The maximum atomic E-state index is 14.6. The Morgan fingerprint density at radius 3 is 2.96 bits per heavy atom. The predicted molar refractivity (Wildman–Crippen MR) is 96.5 cm³/mol. The predicted octanol–water partition coefficient (Wildman–Crippen LogP) is 3.31. The van der Waals surface area contributed by atoms with Gasteiger partial charge in [-0.15, -0.1) is 0 Å². The van der Waals surface area contributed by atoms with Gasteiger partial charge in [-0.2, -0.15) is 4.39 Å². The second-order valence-electron chi connectivity index (χ2n) is 6.95. The van der Waals surface area contributed by atoms with Crippen LogP contribution in [-0.4, -0.2) is 35.3 Å². The van der Waals surface area contributed by atoms with Gasteiger partial charge >= 0.3 is 0 Å². The molecule has 2 aromatic heterocycles. The van der Waals surface area contributed by atoms with Crippen LogP contribution in [0.4, 0.5) is 4.39 Å². The van der Waals surface area contributed by atoms with E-state index in [0.717, 1.165) is 0 Å². The summed E-state index contributed by atoms with van der Waals surface area (Å²) in [5.41, 5.74) is 1.01. The van der Waals surface area contributed by atoms with Crippen LogP contribution in [0.3, 0.4) is 0 Å². The van der Waals surface area contributed by atoms with E-state index in [4.69, 9.17) is 18.4 Å². The molecule has 28 heavy (non-hydrogen) atoms. The van der Waals surface area contributed by atoms with Gasteiger partial charge in [0.15, 0.2) is 5.58 Å². The van der Waals surface area contributed by atoms with Crippen molar-refractivity contribution in [3.8, 4) is 23.3 Å². The Morgan fingerprint density at radius 2 is 2.21 bits per heavy atom. The normalized spacial score (nSPS) is 14.8. The van der Waals surface area contributed by atoms with Gasteiger partial charge < -0.3 is 23.7 Å². The summed E-state index contributed by atoms with van der Waals surface area (Å²) in [5, 5.41) is 6.20. The van der Waals surface area contributed by atoms with Crippen molar-refractivity contribution < 1.29 is 27.6 Å². The van der Waals surface area contributed by atoms with Crippen LogP contribution < -0.4 is 14.8 Å². The Bertz CT molecular complexity index is 995. The standard InChI is InChI=1S/C19H20FN3O5/c1-10(21-11(2)24)8-26-18-16(20)17(28-23-18)19-22-14-7-13(5-6-15(14)27-19)25-9-12-3-4-12/h5-7,10,12H,3-4,8-9H2,1-2H3,(H,21,24). The lowest BCUT2D eigenvalue weighted by molar-refractivity contribution is -0.119. The van der Waals surface area contributed by atoms with Crippen molar-refractivity contribution in [1.82, 2.24) is 15.5 Å². The minimum absolute atomic E-state index is 0.0379. The number of amides is 1. The van der Waals surface area contributed by atoms with E-state index in [0.29, 0.717) is 29.4 Å². The van der Waals surface area contributed by atoms with Crippen molar-refractivity contribution in [2.75, 3.05) is 13.2 Å². The van der Waals surface area contributed by atoms with E-state index in [1.807, 2.05) is 0 Å². The van der Waals surface area contributed by atoms with Gasteiger partial charge in [-0.05, 0) is 43.0 Å². The third-order valence-corrected chi connectivity index (χ3v) is 4.26. The first-order valence-corrected chi connectivity index (χ1v) is 9.08. The number of nitrogens with zero attached hydrogens (tertiary/aromatic N) is 2. The Kier molecular flexibility index (Phi) is 4.89. The molecule has 8 nitrogen and oxygen atoms in total. The van der Waals surface area contributed by atoms with Crippen molar-refractivity contribution in [2.24, 2.45) is 5.92 Å². The molecule has 0 saturated heterocycles. The summed E-state index contributed by atoms with van der Waals surface area (Å²) in [4.78, 5) is 15.3. The number of hydrogen-bond acceptors (Lipinski definition) is 7. The van der Waals surface area contributed by atoms with E-state index < -0.39 is 5.82 Å². The zero-order valence-corrected chi connectivity index (χ0v) is 15.5. The highest BCUT2D eigenvalue weighted by atomic mass is 19.1. The smallest absolute Gasteiger partial charge is 0.291 e. The number of hydrogen-bond donors (Lipinski definition) is 1. The Balaban J connectivity index is 1.48. The number of oxazole rings is 1. The lowest BCUT2D eigenvalue weighted by atomic mass is 10.3. The highest BCUT2D eigenvalue weighted by Gasteiger charge is 2.25. The van der Waals surface area contributed by atoms with Crippen molar-refractivity contribution in [3.63, 3.8) is 0 Å². The van der Waals surface area contributed by atoms with Gasteiger partial charge in [-0.3, -0.25) is 4.79 Å². The molecule has 1 aliphatic carbocycles. The summed E-state index contributed by atoms with van der Waals surface area (Å²) < 4.78 is 36.1. The van der Waals surface area contributed by atoms with E-state index in [2.05, 4.69) is 15.5 Å². The minimum atomic E-state index is -0.813. The number of ether oxygens (including phenoxy) is 2. The summed E-state index contributed by atoms with van der Waals surface area (Å²) >= 11 is 0. The SMILES string of the molecule is CC(=O)NC(C)COc1noc(-c2nc3cc(OCC4CC4)ccc3o2)c1F. The molecule has 1 N–H and O–H groups in total. The summed E-state index contributed by atoms with van der Waals surface area (Å²) in [5.74, 6) is -0.297. The molecular formula is C19H20FN3O5. The molecule has 1 amide bonds. The topological polar surface area (TPSA) is 99.6 Å². The molecule has 4 rings (SSSR count). The zero-order valence-electron chi connectivity index (χ0n) is 15.5. The van der Waals surface area contributed by atoms with Crippen molar-refractivity contribution in [1.29, 1.82) is 0 Å². The average Bonchev–Trinajstić information content (AvgIpc) is 3.27. The molecule has 1 unspecified atom stereocenters. The number of nitrogens with one attached hydrogen (secondary N) is 1. The van der Waals surface area contributed by atoms with Crippen LogP contribution in [0.15, 0.2) is 27.1 Å². The van der Waals surface area contributed by atoms with Crippen LogP contribution >= 0.6 is 0 Å². The van der Waals surface area contributed by atoms with E-state index in [1.54, 1.807) is 25.1 Å². The van der Waals surface area contributed by atoms with E-state index >= 15 is 0 Å². The summed E-state index contributed by atoms with van der Waals surface area (Å²) in [6, 6.07) is 4.93. The first-order valence-electron chi connectivity index (χ1n) is 9.08. The average molecular weight is 389 g/mol. The van der Waals surface area contributed by atoms with Gasteiger partial charge in [0.05, 0.1) is 12.6 Å². The Hall–Kier alpha value is -3.10. The highest BCUT2D eigenvalue weighted by molar-refractivity contribution is 5.77. The highest BCUT2D eigenvalue weighted by Crippen LogP contribution is 2.33. The first kappa shape index (κ1) is 18.3. The molecule has 2 heterocycles. The minimum Gasteiger partial charge on any atom is -0.493 e. The molecule has 1 atom stereocenters. The third kappa shape index (κ3) is 4.08. The number of rotatable bonds is 8. The molecule has 0 radical (unpaired) electrons. The van der Waals surface area contributed by atoms with Crippen LogP contribution in [0.25, 0.3) is 22.8 Å². The number of halogens is 1. The van der Waals surface area contributed by atoms with Gasteiger partial charge in [-0.1, -0.05) is 0 Å². The van der Waals surface area contributed by atoms with Gasteiger partial charge in [0, 0.05) is 13.0 Å². The molecule has 0 spiro atoms. The zero-order chi connectivity index (χ0) is 19.7. The largest absolute Gasteiger partial charge is 0.493 e. The van der Waals surface area contributed by atoms with Gasteiger partial charge in [0.25, 0.3) is 17.5 Å². The second-order valence-corrected chi connectivity index (χ2v) is 6.95. The quantitative estimate of drug-likeness (QED) is 0.631. The molecule has 1 saturated carbocycles. The molecular weight excluding hydrogens is 369 g/mol. The number of carbonyl (C=O) groups excluding carboxylic acids is 1. The molecule has 1 aliphatic rings. The third-order valence-electron chi connectivity index (χ3n) is 4.26. The van der Waals surface area contributed by atoms with Gasteiger partial charge in [0.1, 0.15) is 17.9 Å². The van der Waals surface area contributed by atoms with E-state index in [-0.39, 0.29) is 36.1 Å². The number of aromatic nitrogens is 2. The van der Waals surface area contributed by atoms with Crippen LogP contribution in [0.1, 0.15) is 26.7 Å². The van der Waals surface area contributed by atoms with Crippen LogP contribution in [0, 0.1) is 11.7 Å². The molecule has 0 aliphatic heterocycles. The van der Waals surface area contributed by atoms with Crippen molar-refractivity contribution in [2.45, 2.75) is 32.7 Å².